The Bertz CT molecular complexity index is 265. The average molecular weight is 225 g/mol. The largest absolute Gasteiger partial charge is 0.366 e. The molecule has 0 aromatic heterocycles. The molecule has 0 aromatic carbocycles. The van der Waals surface area contributed by atoms with Crippen molar-refractivity contribution in [3.05, 3.63) is 12.2 Å². The molecule has 16 heavy (non-hydrogen) atoms. The number of carbonyl (C=O) groups is 1. The number of amides is 1. The van der Waals surface area contributed by atoms with Crippen molar-refractivity contribution in [3.63, 3.8) is 0 Å². The third-order valence-electron chi connectivity index (χ3n) is 3.29. The van der Waals surface area contributed by atoms with E-state index in [0.29, 0.717) is 0 Å². The maximum absolute atomic E-state index is 10.7. The van der Waals surface area contributed by atoms with Crippen LogP contribution < -0.4 is 5.73 Å². The van der Waals surface area contributed by atoms with Gasteiger partial charge in [0.1, 0.15) is 0 Å². The highest BCUT2D eigenvalue weighted by molar-refractivity contribution is 5.85. The number of primary amides is 1. The first kappa shape index (κ1) is 13.2. The quantitative estimate of drug-likeness (QED) is 0.707. The molecule has 1 aliphatic heterocycles. The number of hydrogen-bond donors (Lipinski definition) is 1. The van der Waals surface area contributed by atoms with Gasteiger partial charge in [0, 0.05) is 37.8 Å². The smallest absolute Gasteiger partial charge is 0.241 e. The van der Waals surface area contributed by atoms with Gasteiger partial charge in [0.2, 0.25) is 5.91 Å². The molecular formula is C12H23N3O. The summed E-state index contributed by atoms with van der Waals surface area (Å²) in [5.41, 5.74) is 5.03. The van der Waals surface area contributed by atoms with Gasteiger partial charge in [-0.05, 0) is 20.4 Å². The van der Waals surface area contributed by atoms with Crippen LogP contribution >= 0.6 is 0 Å². The highest BCUT2D eigenvalue weighted by Gasteiger charge is 2.27. The molecule has 0 unspecified atom stereocenters. The van der Waals surface area contributed by atoms with Crippen molar-refractivity contribution in [1.82, 2.24) is 9.80 Å². The van der Waals surface area contributed by atoms with Crippen LogP contribution in [0.2, 0.25) is 0 Å². The summed E-state index contributed by atoms with van der Waals surface area (Å²) in [5.74, 6) is -0.375. The molecule has 0 spiro atoms. The molecule has 0 aliphatic carbocycles. The van der Waals surface area contributed by atoms with E-state index in [4.69, 9.17) is 5.73 Å². The van der Waals surface area contributed by atoms with E-state index in [9.17, 15) is 4.79 Å². The van der Waals surface area contributed by atoms with Crippen molar-refractivity contribution in [1.29, 1.82) is 0 Å². The summed E-state index contributed by atoms with van der Waals surface area (Å²) in [4.78, 5) is 15.6. The Kier molecular flexibility index (Phi) is 4.50. The number of likely N-dealkylation sites (N-methyl/N-ethyl adjacent to an activating group) is 1. The van der Waals surface area contributed by atoms with E-state index < -0.39 is 0 Å². The lowest BCUT2D eigenvalue weighted by Crippen LogP contribution is -2.53. The fourth-order valence-electron chi connectivity index (χ4n) is 2.03. The number of nitrogens with two attached hydrogens (primary N) is 1. The lowest BCUT2D eigenvalue weighted by molar-refractivity contribution is -0.113. The lowest BCUT2D eigenvalue weighted by Gasteiger charge is -2.42. The van der Waals surface area contributed by atoms with Crippen LogP contribution in [0.15, 0.2) is 12.2 Å². The van der Waals surface area contributed by atoms with Crippen LogP contribution in [0, 0.1) is 0 Å². The van der Waals surface area contributed by atoms with Crippen molar-refractivity contribution in [2.45, 2.75) is 26.3 Å². The van der Waals surface area contributed by atoms with Gasteiger partial charge in [-0.2, -0.15) is 0 Å². The molecule has 1 saturated heterocycles. The van der Waals surface area contributed by atoms with E-state index in [-0.39, 0.29) is 11.4 Å². The predicted octanol–water partition coefficient (Wildman–Crippen LogP) is 0.444. The Balaban J connectivity index is 2.54. The van der Waals surface area contributed by atoms with Crippen LogP contribution in [0.25, 0.3) is 0 Å². The zero-order valence-corrected chi connectivity index (χ0v) is 10.6. The van der Waals surface area contributed by atoms with Crippen molar-refractivity contribution in [2.24, 2.45) is 5.73 Å². The second-order valence-corrected chi connectivity index (χ2v) is 4.81. The van der Waals surface area contributed by atoms with Gasteiger partial charge < -0.3 is 10.6 Å². The molecule has 0 atom stereocenters. The zero-order chi connectivity index (χ0) is 12.2. The van der Waals surface area contributed by atoms with E-state index >= 15 is 0 Å². The minimum Gasteiger partial charge on any atom is -0.366 e. The highest BCUT2D eigenvalue weighted by atomic mass is 16.1. The molecule has 1 amide bonds. The Morgan fingerprint density at radius 3 is 2.31 bits per heavy atom. The summed E-state index contributed by atoms with van der Waals surface area (Å²) >= 11 is 0. The third-order valence-corrected chi connectivity index (χ3v) is 3.29. The van der Waals surface area contributed by atoms with Gasteiger partial charge in [-0.3, -0.25) is 9.69 Å². The predicted molar refractivity (Wildman–Crippen MR) is 66.1 cm³/mol. The van der Waals surface area contributed by atoms with Gasteiger partial charge in [-0.15, -0.1) is 0 Å². The molecule has 4 nitrogen and oxygen atoms in total. The SMILES string of the molecule is CCN1CCN(C(C)(C)/C=C/C(N)=O)CC1. The molecule has 92 valence electrons. The average Bonchev–Trinajstić information content (AvgIpc) is 2.27. The molecule has 1 fully saturated rings. The molecule has 0 bridgehead atoms. The number of rotatable bonds is 4. The first-order valence-corrected chi connectivity index (χ1v) is 5.92. The second kappa shape index (κ2) is 5.46. The Labute approximate surface area is 98.1 Å². The monoisotopic (exact) mass is 225 g/mol. The van der Waals surface area contributed by atoms with Gasteiger partial charge in [0.05, 0.1) is 0 Å². The normalized spacial score (nSPS) is 20.4. The highest BCUT2D eigenvalue weighted by Crippen LogP contribution is 2.18. The van der Waals surface area contributed by atoms with Crippen LogP contribution in [0.4, 0.5) is 0 Å². The topological polar surface area (TPSA) is 49.6 Å². The summed E-state index contributed by atoms with van der Waals surface area (Å²) in [6, 6.07) is 0. The van der Waals surface area contributed by atoms with Crippen molar-refractivity contribution >= 4 is 5.91 Å². The van der Waals surface area contributed by atoms with E-state index in [1.807, 2.05) is 6.08 Å². The first-order valence-electron chi connectivity index (χ1n) is 5.92. The number of nitrogens with zero attached hydrogens (tertiary/aromatic N) is 2. The Hall–Kier alpha value is -0.870. The summed E-state index contributed by atoms with van der Waals surface area (Å²) in [5, 5.41) is 0. The molecule has 1 heterocycles. The maximum atomic E-state index is 10.7. The van der Waals surface area contributed by atoms with Gasteiger partial charge in [0.25, 0.3) is 0 Å². The van der Waals surface area contributed by atoms with E-state index in [2.05, 4.69) is 30.6 Å². The summed E-state index contributed by atoms with van der Waals surface area (Å²) in [7, 11) is 0. The van der Waals surface area contributed by atoms with Crippen molar-refractivity contribution < 1.29 is 4.79 Å². The van der Waals surface area contributed by atoms with Crippen molar-refractivity contribution in [2.75, 3.05) is 32.7 Å². The van der Waals surface area contributed by atoms with E-state index in [1.165, 1.54) is 6.08 Å². The number of carbonyl (C=O) groups excluding carboxylic acids is 1. The minimum atomic E-state index is -0.375. The number of hydrogen-bond acceptors (Lipinski definition) is 3. The minimum absolute atomic E-state index is 0.0884. The molecule has 0 radical (unpaired) electrons. The van der Waals surface area contributed by atoms with E-state index in [1.54, 1.807) is 0 Å². The molecular weight excluding hydrogens is 202 g/mol. The zero-order valence-electron chi connectivity index (χ0n) is 10.6. The van der Waals surface area contributed by atoms with Crippen LogP contribution in [-0.2, 0) is 4.79 Å². The molecule has 4 heteroatoms. The van der Waals surface area contributed by atoms with Gasteiger partial charge in [0.15, 0.2) is 0 Å². The van der Waals surface area contributed by atoms with Crippen molar-refractivity contribution in [3.8, 4) is 0 Å². The van der Waals surface area contributed by atoms with Gasteiger partial charge >= 0.3 is 0 Å². The third kappa shape index (κ3) is 3.61. The molecule has 2 N–H and O–H groups in total. The summed E-state index contributed by atoms with van der Waals surface area (Å²) in [6.45, 7) is 11.8. The molecule has 1 rings (SSSR count). The fourth-order valence-corrected chi connectivity index (χ4v) is 2.03. The molecule has 1 aliphatic rings. The summed E-state index contributed by atoms with van der Waals surface area (Å²) < 4.78 is 0. The lowest BCUT2D eigenvalue weighted by atomic mass is 10.0. The number of piperazine rings is 1. The van der Waals surface area contributed by atoms with Crippen LogP contribution in [0.1, 0.15) is 20.8 Å². The van der Waals surface area contributed by atoms with Crippen LogP contribution in [0.5, 0.6) is 0 Å². The maximum Gasteiger partial charge on any atom is 0.241 e. The Morgan fingerprint density at radius 1 is 1.31 bits per heavy atom. The molecule has 0 aromatic rings. The van der Waals surface area contributed by atoms with Crippen LogP contribution in [-0.4, -0.2) is 54.0 Å². The first-order chi connectivity index (χ1) is 7.45. The van der Waals surface area contributed by atoms with Crippen LogP contribution in [0.3, 0.4) is 0 Å². The summed E-state index contributed by atoms with van der Waals surface area (Å²) in [6.07, 6.45) is 3.36. The van der Waals surface area contributed by atoms with E-state index in [0.717, 1.165) is 32.7 Å². The van der Waals surface area contributed by atoms with Gasteiger partial charge in [-0.1, -0.05) is 13.0 Å². The fraction of sp³-hybridized carbons (Fsp3) is 0.750. The second-order valence-electron chi connectivity index (χ2n) is 4.81. The Morgan fingerprint density at radius 2 is 1.88 bits per heavy atom. The molecule has 0 saturated carbocycles. The standard InChI is InChI=1S/C12H23N3O/c1-4-14-7-9-15(10-8-14)12(2,3)6-5-11(13)16/h5-6H,4,7-10H2,1-3H3,(H2,13,16)/b6-5+. The van der Waals surface area contributed by atoms with Gasteiger partial charge in [-0.25, -0.2) is 0 Å².